The third-order valence-electron chi connectivity index (χ3n) is 5.39. The molecule has 3 aromatic heterocycles. The number of aromatic nitrogens is 4. The molecule has 2 atom stereocenters. The molecule has 3 aromatic rings. The molecule has 8 nitrogen and oxygen atoms in total. The molecule has 1 saturated heterocycles. The Kier molecular flexibility index (Phi) is 6.31. The van der Waals surface area contributed by atoms with E-state index in [1.54, 1.807) is 17.8 Å². The van der Waals surface area contributed by atoms with Crippen LogP contribution in [0.4, 0.5) is 16.2 Å². The molecule has 0 aliphatic carbocycles. The van der Waals surface area contributed by atoms with Crippen LogP contribution >= 0.6 is 0 Å². The van der Waals surface area contributed by atoms with Crippen LogP contribution in [0.2, 0.25) is 0 Å². The molecule has 4 rings (SSSR count). The standard InChI is InChI=1S/C22H28FN7O/c1-4-5-10-24-19-7-6-15(13-25-19)16-8-12-30-20(16)21(31-3)27-22(28-30)26-18-9-11-29(2)14-17(18)23/h5-8,10,12-13,17-18H,4,9,11,14H2,1-3H3,(H,24,25)(H,26,28)/b10-5-/t17-,18+/m0/s1. The summed E-state index contributed by atoms with van der Waals surface area (Å²) in [7, 11) is 3.50. The second kappa shape index (κ2) is 9.30. The number of likely N-dealkylation sites (tertiary alicyclic amines) is 1. The number of ether oxygens (including phenoxy) is 1. The average Bonchev–Trinajstić information content (AvgIpc) is 3.20. The van der Waals surface area contributed by atoms with Crippen molar-refractivity contribution in [3.63, 3.8) is 0 Å². The van der Waals surface area contributed by atoms with Crippen molar-refractivity contribution < 1.29 is 9.13 Å². The van der Waals surface area contributed by atoms with E-state index in [0.29, 0.717) is 24.8 Å². The first kappa shape index (κ1) is 21.0. The Balaban J connectivity index is 1.60. The highest BCUT2D eigenvalue weighted by molar-refractivity contribution is 5.84. The smallest absolute Gasteiger partial charge is 0.244 e. The van der Waals surface area contributed by atoms with Crippen LogP contribution in [0.15, 0.2) is 42.9 Å². The third kappa shape index (κ3) is 4.61. The summed E-state index contributed by atoms with van der Waals surface area (Å²) in [4.78, 5) is 11.0. The predicted octanol–water partition coefficient (Wildman–Crippen LogP) is 3.59. The molecule has 0 radical (unpaired) electrons. The summed E-state index contributed by atoms with van der Waals surface area (Å²) in [5, 5.41) is 10.8. The van der Waals surface area contributed by atoms with Crippen LogP contribution in [-0.4, -0.2) is 63.9 Å². The van der Waals surface area contributed by atoms with Gasteiger partial charge < -0.3 is 20.3 Å². The number of methoxy groups -OCH3 is 1. The van der Waals surface area contributed by atoms with Gasteiger partial charge in [-0.3, -0.25) is 0 Å². The summed E-state index contributed by atoms with van der Waals surface area (Å²) < 4.78 is 21.7. The number of nitrogens with zero attached hydrogens (tertiary/aromatic N) is 5. The summed E-state index contributed by atoms with van der Waals surface area (Å²) in [6, 6.07) is 5.54. The van der Waals surface area contributed by atoms with E-state index in [-0.39, 0.29) is 6.04 Å². The molecule has 4 heterocycles. The van der Waals surface area contributed by atoms with Crippen molar-refractivity contribution in [3.05, 3.63) is 42.9 Å². The molecule has 0 spiro atoms. The molecule has 2 N–H and O–H groups in total. The molecule has 0 aromatic carbocycles. The number of hydrogen-bond acceptors (Lipinski definition) is 7. The van der Waals surface area contributed by atoms with Crippen molar-refractivity contribution in [1.82, 2.24) is 24.5 Å². The van der Waals surface area contributed by atoms with Crippen LogP contribution in [0.5, 0.6) is 5.88 Å². The van der Waals surface area contributed by atoms with Crippen LogP contribution in [0, 0.1) is 0 Å². The Labute approximate surface area is 181 Å². The third-order valence-corrected chi connectivity index (χ3v) is 5.39. The Morgan fingerprint density at radius 1 is 1.32 bits per heavy atom. The lowest BCUT2D eigenvalue weighted by atomic mass is 10.0. The molecule has 164 valence electrons. The van der Waals surface area contributed by atoms with E-state index in [2.05, 4.69) is 32.6 Å². The van der Waals surface area contributed by atoms with E-state index in [1.165, 1.54) is 0 Å². The SMILES string of the molecule is CC/C=C\Nc1ccc(-c2ccn3nc(N[C@@H]4CCN(C)C[C@@H]4F)nc(OC)c23)cn1. The first-order valence-corrected chi connectivity index (χ1v) is 10.5. The molecule has 1 aliphatic rings. The predicted molar refractivity (Wildman–Crippen MR) is 120 cm³/mol. The van der Waals surface area contributed by atoms with Crippen LogP contribution < -0.4 is 15.4 Å². The van der Waals surface area contributed by atoms with E-state index < -0.39 is 6.17 Å². The van der Waals surface area contributed by atoms with Crippen molar-refractivity contribution in [1.29, 1.82) is 0 Å². The van der Waals surface area contributed by atoms with E-state index in [4.69, 9.17) is 4.74 Å². The fraction of sp³-hybridized carbons (Fsp3) is 0.409. The van der Waals surface area contributed by atoms with Crippen molar-refractivity contribution in [2.75, 3.05) is 37.9 Å². The summed E-state index contributed by atoms with van der Waals surface area (Å²) in [6.07, 6.45) is 8.23. The molecule has 9 heteroatoms. The van der Waals surface area contributed by atoms with Gasteiger partial charge in [-0.15, -0.1) is 5.10 Å². The minimum atomic E-state index is -0.977. The van der Waals surface area contributed by atoms with Gasteiger partial charge in [0.15, 0.2) is 0 Å². The Bertz CT molecular complexity index is 1050. The first-order chi connectivity index (χ1) is 15.1. The maximum Gasteiger partial charge on any atom is 0.244 e. The minimum absolute atomic E-state index is 0.320. The average molecular weight is 426 g/mol. The van der Waals surface area contributed by atoms with Crippen LogP contribution in [0.1, 0.15) is 19.8 Å². The second-order valence-corrected chi connectivity index (χ2v) is 7.67. The van der Waals surface area contributed by atoms with E-state index in [9.17, 15) is 4.39 Å². The van der Waals surface area contributed by atoms with E-state index >= 15 is 0 Å². The molecule has 0 unspecified atom stereocenters. The maximum absolute atomic E-state index is 14.4. The largest absolute Gasteiger partial charge is 0.479 e. The van der Waals surface area contributed by atoms with Crippen LogP contribution in [0.25, 0.3) is 16.6 Å². The Morgan fingerprint density at radius 2 is 2.19 bits per heavy atom. The van der Waals surface area contributed by atoms with Gasteiger partial charge in [0.1, 0.15) is 17.5 Å². The molecular weight excluding hydrogens is 397 g/mol. The van der Waals surface area contributed by atoms with Gasteiger partial charge in [0, 0.05) is 36.6 Å². The minimum Gasteiger partial charge on any atom is -0.479 e. The summed E-state index contributed by atoms with van der Waals surface area (Å²) in [5.74, 6) is 1.54. The highest BCUT2D eigenvalue weighted by Crippen LogP contribution is 2.31. The fourth-order valence-corrected chi connectivity index (χ4v) is 3.71. The van der Waals surface area contributed by atoms with E-state index in [1.807, 2.05) is 48.6 Å². The number of fused-ring (bicyclic) bond motifs is 1. The second-order valence-electron chi connectivity index (χ2n) is 7.67. The molecule has 31 heavy (non-hydrogen) atoms. The Hall–Kier alpha value is -3.20. The number of nitrogens with one attached hydrogen (secondary N) is 2. The zero-order valence-electron chi connectivity index (χ0n) is 18.0. The number of rotatable bonds is 7. The van der Waals surface area contributed by atoms with Gasteiger partial charge in [0.05, 0.1) is 13.2 Å². The number of alkyl halides is 1. The molecule has 1 fully saturated rings. The maximum atomic E-state index is 14.4. The fourth-order valence-electron chi connectivity index (χ4n) is 3.71. The highest BCUT2D eigenvalue weighted by Gasteiger charge is 2.28. The van der Waals surface area contributed by atoms with Gasteiger partial charge in [-0.05, 0) is 44.3 Å². The molecule has 0 bridgehead atoms. The number of piperidine rings is 1. The lowest BCUT2D eigenvalue weighted by Gasteiger charge is -2.32. The normalized spacial score (nSPS) is 19.7. The first-order valence-electron chi connectivity index (χ1n) is 10.5. The number of halogens is 1. The topological polar surface area (TPSA) is 79.6 Å². The van der Waals surface area contributed by atoms with E-state index in [0.717, 1.165) is 35.4 Å². The van der Waals surface area contributed by atoms with Crippen LogP contribution in [-0.2, 0) is 0 Å². The van der Waals surface area contributed by atoms with Gasteiger partial charge in [-0.2, -0.15) is 4.98 Å². The van der Waals surface area contributed by atoms with Gasteiger partial charge in [0.2, 0.25) is 11.8 Å². The monoisotopic (exact) mass is 425 g/mol. The summed E-state index contributed by atoms with van der Waals surface area (Å²) in [6.45, 7) is 3.31. The number of hydrogen-bond donors (Lipinski definition) is 2. The number of anilines is 2. The summed E-state index contributed by atoms with van der Waals surface area (Å²) in [5.41, 5.74) is 2.57. The van der Waals surface area contributed by atoms with Crippen molar-refractivity contribution >= 4 is 17.3 Å². The number of pyridine rings is 1. The van der Waals surface area contributed by atoms with Crippen molar-refractivity contribution in [2.45, 2.75) is 32.0 Å². The van der Waals surface area contributed by atoms with Gasteiger partial charge in [-0.25, -0.2) is 13.9 Å². The van der Waals surface area contributed by atoms with Crippen molar-refractivity contribution in [2.24, 2.45) is 0 Å². The quantitative estimate of drug-likeness (QED) is 0.599. The summed E-state index contributed by atoms with van der Waals surface area (Å²) >= 11 is 0. The Morgan fingerprint density at radius 3 is 2.90 bits per heavy atom. The van der Waals surface area contributed by atoms with Gasteiger partial charge in [0.25, 0.3) is 0 Å². The highest BCUT2D eigenvalue weighted by atomic mass is 19.1. The van der Waals surface area contributed by atoms with Gasteiger partial charge in [-0.1, -0.05) is 13.0 Å². The molecule has 0 amide bonds. The zero-order chi connectivity index (χ0) is 21.8. The van der Waals surface area contributed by atoms with Crippen molar-refractivity contribution in [3.8, 4) is 17.0 Å². The molecule has 0 saturated carbocycles. The molecule has 1 aliphatic heterocycles. The number of allylic oxidation sites excluding steroid dienone is 1. The zero-order valence-corrected chi connectivity index (χ0v) is 18.0. The lowest BCUT2D eigenvalue weighted by Crippen LogP contribution is -2.46. The van der Waals surface area contributed by atoms with Gasteiger partial charge >= 0.3 is 0 Å². The molecular formula is C22H28FN7O. The lowest BCUT2D eigenvalue weighted by molar-refractivity contribution is 0.149. The van der Waals surface area contributed by atoms with Crippen LogP contribution in [0.3, 0.4) is 0 Å².